The van der Waals surface area contributed by atoms with Crippen LogP contribution in [0.15, 0.2) is 34.3 Å². The van der Waals surface area contributed by atoms with E-state index >= 15 is 0 Å². The molecule has 0 aromatic carbocycles. The van der Waals surface area contributed by atoms with Crippen molar-refractivity contribution < 1.29 is 4.74 Å². The number of nitrogens with one attached hydrogen (secondary N) is 1. The minimum Gasteiger partial charge on any atom is -0.375 e. The molecule has 1 fully saturated rings. The van der Waals surface area contributed by atoms with E-state index in [0.29, 0.717) is 30.1 Å². The van der Waals surface area contributed by atoms with Crippen LogP contribution in [0.5, 0.6) is 0 Å². The molecule has 0 radical (unpaired) electrons. The van der Waals surface area contributed by atoms with Crippen molar-refractivity contribution in [1.29, 1.82) is 0 Å². The van der Waals surface area contributed by atoms with Crippen LogP contribution in [0.25, 0.3) is 5.65 Å². The van der Waals surface area contributed by atoms with Gasteiger partial charge in [-0.05, 0) is 38.2 Å². The van der Waals surface area contributed by atoms with Crippen molar-refractivity contribution in [2.24, 2.45) is 10.8 Å². The molecule has 1 aliphatic rings. The predicted octanol–water partition coefficient (Wildman–Crippen LogP) is 0.475. The molecule has 2 unspecified atom stereocenters. The fourth-order valence-electron chi connectivity index (χ4n) is 2.96. The lowest BCUT2D eigenvalue weighted by atomic mass is 10.2. The van der Waals surface area contributed by atoms with Crippen LogP contribution in [0.2, 0.25) is 0 Å². The number of nitrogens with zero attached hydrogens (tertiary/aromatic N) is 4. The number of rotatable bonds is 3. The molecule has 3 rings (SSSR count). The van der Waals surface area contributed by atoms with Gasteiger partial charge in [-0.3, -0.25) is 14.6 Å². The maximum Gasteiger partial charge on any atom is 0.268 e. The lowest BCUT2D eigenvalue weighted by molar-refractivity contribution is -0.00546. The number of anilines is 1. The van der Waals surface area contributed by atoms with Gasteiger partial charge in [0.05, 0.1) is 18.4 Å². The van der Waals surface area contributed by atoms with Gasteiger partial charge in [0.25, 0.3) is 5.56 Å². The predicted molar refractivity (Wildman–Crippen MR) is 101 cm³/mol. The van der Waals surface area contributed by atoms with Crippen molar-refractivity contribution in [2.75, 3.05) is 18.0 Å². The molecule has 2 aromatic rings. The first-order valence-corrected chi connectivity index (χ1v) is 8.37. The summed E-state index contributed by atoms with van der Waals surface area (Å²) < 4.78 is 7.26. The van der Waals surface area contributed by atoms with Crippen molar-refractivity contribution in [1.82, 2.24) is 14.8 Å². The van der Waals surface area contributed by atoms with E-state index < -0.39 is 0 Å². The first-order chi connectivity index (χ1) is 12.0. The highest BCUT2D eigenvalue weighted by molar-refractivity contribution is 7.80. The summed E-state index contributed by atoms with van der Waals surface area (Å²) in [5.41, 5.74) is 8.60. The summed E-state index contributed by atoms with van der Waals surface area (Å²) in [5, 5.41) is 3.98. The maximum absolute atomic E-state index is 12.9. The SMILES string of the molecule is CC1CN(c2nc3ccccn3c(=O)c2C=NNC(N)=S)CC(C)O1. The molecule has 2 aromatic heterocycles. The van der Waals surface area contributed by atoms with Gasteiger partial charge >= 0.3 is 0 Å². The zero-order valence-electron chi connectivity index (χ0n) is 14.0. The van der Waals surface area contributed by atoms with Crippen molar-refractivity contribution in [3.05, 3.63) is 40.3 Å². The van der Waals surface area contributed by atoms with Gasteiger partial charge in [0.1, 0.15) is 17.0 Å². The standard InChI is InChI=1S/C16H20N6O2S/c1-10-8-21(9-11(2)24-10)14-12(7-18-20-16(17)25)15(23)22-6-4-3-5-13(22)19-14/h3-7,10-11H,8-9H2,1-2H3,(H3,17,20,25). The lowest BCUT2D eigenvalue weighted by Crippen LogP contribution is -2.47. The van der Waals surface area contributed by atoms with Gasteiger partial charge in [0.15, 0.2) is 5.11 Å². The van der Waals surface area contributed by atoms with Gasteiger partial charge in [0.2, 0.25) is 0 Å². The lowest BCUT2D eigenvalue weighted by Gasteiger charge is -2.36. The van der Waals surface area contributed by atoms with Crippen LogP contribution in [-0.4, -0.2) is 46.0 Å². The molecule has 0 saturated carbocycles. The van der Waals surface area contributed by atoms with E-state index in [1.165, 1.54) is 10.6 Å². The second kappa shape index (κ2) is 7.16. The number of thiocarbonyl (C=S) groups is 1. The van der Waals surface area contributed by atoms with Gasteiger partial charge in [-0.1, -0.05) is 6.07 Å². The number of hydrazone groups is 1. The van der Waals surface area contributed by atoms with Crippen LogP contribution >= 0.6 is 12.2 Å². The fraction of sp³-hybridized carbons (Fsp3) is 0.375. The zero-order chi connectivity index (χ0) is 18.0. The fourth-order valence-corrected chi connectivity index (χ4v) is 3.01. The number of morpholine rings is 1. The van der Waals surface area contributed by atoms with E-state index in [1.54, 1.807) is 18.3 Å². The Morgan fingerprint density at radius 2 is 2.16 bits per heavy atom. The Morgan fingerprint density at radius 3 is 2.84 bits per heavy atom. The highest BCUT2D eigenvalue weighted by Crippen LogP contribution is 2.20. The van der Waals surface area contributed by atoms with Crippen molar-refractivity contribution in [3.63, 3.8) is 0 Å². The molecule has 2 atom stereocenters. The molecule has 0 spiro atoms. The number of hydrogen-bond donors (Lipinski definition) is 2. The Hall–Kier alpha value is -2.52. The summed E-state index contributed by atoms with van der Waals surface area (Å²) in [6.07, 6.45) is 3.17. The number of fused-ring (bicyclic) bond motifs is 1. The Labute approximate surface area is 150 Å². The Kier molecular flexibility index (Phi) is 4.95. The second-order valence-electron chi connectivity index (χ2n) is 5.98. The normalized spacial score (nSPS) is 21.0. The van der Waals surface area contributed by atoms with E-state index in [9.17, 15) is 4.79 Å². The zero-order valence-corrected chi connectivity index (χ0v) is 14.9. The monoisotopic (exact) mass is 360 g/mol. The summed E-state index contributed by atoms with van der Waals surface area (Å²) in [6, 6.07) is 5.42. The molecule has 3 N–H and O–H groups in total. The summed E-state index contributed by atoms with van der Waals surface area (Å²) in [6.45, 7) is 5.28. The largest absolute Gasteiger partial charge is 0.375 e. The van der Waals surface area contributed by atoms with E-state index in [-0.39, 0.29) is 22.9 Å². The van der Waals surface area contributed by atoms with Crippen LogP contribution in [0, 0.1) is 0 Å². The van der Waals surface area contributed by atoms with Crippen LogP contribution in [-0.2, 0) is 4.74 Å². The van der Waals surface area contributed by atoms with Crippen LogP contribution in [0.4, 0.5) is 5.82 Å². The topological polar surface area (TPSA) is 97.2 Å². The molecule has 0 amide bonds. The Balaban J connectivity index is 2.12. The van der Waals surface area contributed by atoms with Gasteiger partial charge in [-0.15, -0.1) is 0 Å². The van der Waals surface area contributed by atoms with Crippen LogP contribution < -0.4 is 21.6 Å². The minimum absolute atomic E-state index is 0.0280. The minimum atomic E-state index is -0.208. The van der Waals surface area contributed by atoms with E-state index in [4.69, 9.17) is 22.7 Å². The molecule has 1 aliphatic heterocycles. The van der Waals surface area contributed by atoms with Gasteiger partial charge in [-0.2, -0.15) is 5.10 Å². The van der Waals surface area contributed by atoms with Crippen molar-refractivity contribution >= 4 is 35.0 Å². The number of hydrogen-bond acceptors (Lipinski definition) is 6. The quantitative estimate of drug-likeness (QED) is 0.467. The number of pyridine rings is 1. The average Bonchev–Trinajstić information content (AvgIpc) is 2.55. The molecule has 0 aliphatic carbocycles. The number of aromatic nitrogens is 2. The van der Waals surface area contributed by atoms with Gasteiger partial charge in [-0.25, -0.2) is 4.98 Å². The molecule has 0 bridgehead atoms. The highest BCUT2D eigenvalue weighted by atomic mass is 32.1. The van der Waals surface area contributed by atoms with Crippen molar-refractivity contribution in [3.8, 4) is 0 Å². The first-order valence-electron chi connectivity index (χ1n) is 7.96. The van der Waals surface area contributed by atoms with Crippen molar-refractivity contribution in [2.45, 2.75) is 26.1 Å². The Bertz CT molecular complexity index is 871. The smallest absolute Gasteiger partial charge is 0.268 e. The van der Waals surface area contributed by atoms with Gasteiger partial charge in [0, 0.05) is 19.3 Å². The molecule has 1 saturated heterocycles. The Morgan fingerprint density at radius 1 is 1.44 bits per heavy atom. The van der Waals surface area contributed by atoms with E-state index in [0.717, 1.165) is 0 Å². The van der Waals surface area contributed by atoms with E-state index in [1.807, 2.05) is 19.9 Å². The number of nitrogens with two attached hydrogens (primary N) is 1. The van der Waals surface area contributed by atoms with E-state index in [2.05, 4.69) is 20.4 Å². The third kappa shape index (κ3) is 3.77. The third-order valence-corrected chi connectivity index (χ3v) is 3.93. The molecular weight excluding hydrogens is 340 g/mol. The summed E-state index contributed by atoms with van der Waals surface area (Å²) in [5.74, 6) is 0.576. The molecule has 25 heavy (non-hydrogen) atoms. The molecule has 9 heteroatoms. The third-order valence-electron chi connectivity index (χ3n) is 3.84. The summed E-state index contributed by atoms with van der Waals surface area (Å²) in [7, 11) is 0. The highest BCUT2D eigenvalue weighted by Gasteiger charge is 2.26. The molecule has 3 heterocycles. The molecule has 8 nitrogen and oxygen atoms in total. The first kappa shape index (κ1) is 17.3. The second-order valence-corrected chi connectivity index (χ2v) is 6.42. The van der Waals surface area contributed by atoms with Crippen LogP contribution in [0.1, 0.15) is 19.4 Å². The maximum atomic E-state index is 12.9. The van der Waals surface area contributed by atoms with Crippen LogP contribution in [0.3, 0.4) is 0 Å². The molecule has 132 valence electrons. The summed E-state index contributed by atoms with van der Waals surface area (Å²) in [4.78, 5) is 19.6. The number of ether oxygens (including phenoxy) is 1. The van der Waals surface area contributed by atoms with Gasteiger partial charge < -0.3 is 15.4 Å². The average molecular weight is 360 g/mol. The molecular formula is C16H20N6O2S. The summed E-state index contributed by atoms with van der Waals surface area (Å²) >= 11 is 4.74.